The summed E-state index contributed by atoms with van der Waals surface area (Å²) in [4.78, 5) is 0. The van der Waals surface area contributed by atoms with Gasteiger partial charge in [-0.3, -0.25) is 0 Å². The zero-order valence-electron chi connectivity index (χ0n) is 15.4. The lowest BCUT2D eigenvalue weighted by atomic mass is 9.77. The van der Waals surface area contributed by atoms with Crippen molar-refractivity contribution in [2.24, 2.45) is 0 Å². The molecule has 0 radical (unpaired) electrons. The molecular weight excluding hydrogens is 288 g/mol. The van der Waals surface area contributed by atoms with Crippen LogP contribution in [0.3, 0.4) is 0 Å². The van der Waals surface area contributed by atoms with Crippen LogP contribution >= 0.6 is 0 Å². The van der Waals surface area contributed by atoms with Crippen molar-refractivity contribution in [2.45, 2.75) is 40.5 Å². The first-order chi connectivity index (χ1) is 11.5. The highest BCUT2D eigenvalue weighted by molar-refractivity contribution is 5.56. The Balaban J connectivity index is 2.33. The van der Waals surface area contributed by atoms with Crippen molar-refractivity contribution in [1.29, 1.82) is 0 Å². The van der Waals surface area contributed by atoms with E-state index in [0.717, 1.165) is 0 Å². The van der Waals surface area contributed by atoms with Gasteiger partial charge < -0.3 is 0 Å². The summed E-state index contributed by atoms with van der Waals surface area (Å²) in [5.74, 6) is 0.283. The van der Waals surface area contributed by atoms with Gasteiger partial charge in [0.25, 0.3) is 0 Å². The Morgan fingerprint density at radius 2 is 0.792 bits per heavy atom. The van der Waals surface area contributed by atoms with Gasteiger partial charge in [0.2, 0.25) is 0 Å². The predicted octanol–water partition coefficient (Wildman–Crippen LogP) is 6.41. The zero-order valence-corrected chi connectivity index (χ0v) is 15.4. The Morgan fingerprint density at radius 1 is 0.458 bits per heavy atom. The van der Waals surface area contributed by atoms with Gasteiger partial charge in [-0.05, 0) is 79.1 Å². The minimum absolute atomic E-state index is 0.283. The number of rotatable bonds is 3. The summed E-state index contributed by atoms with van der Waals surface area (Å²) in [6.07, 6.45) is 0. The summed E-state index contributed by atoms with van der Waals surface area (Å²) in [6.45, 7) is 11.3. The summed E-state index contributed by atoms with van der Waals surface area (Å²) in [7, 11) is 0. The molecule has 3 aromatic carbocycles. The second-order valence-electron chi connectivity index (χ2n) is 6.79. The Labute approximate surface area is 146 Å². The molecule has 3 aromatic rings. The molecule has 0 saturated carbocycles. The molecule has 0 spiro atoms. The minimum Gasteiger partial charge on any atom is -0.0622 e. The maximum Gasteiger partial charge on any atom is 0.0345 e. The van der Waals surface area contributed by atoms with E-state index in [0.29, 0.717) is 0 Å². The molecule has 0 heteroatoms. The van der Waals surface area contributed by atoms with Crippen LogP contribution in [0.1, 0.15) is 50.4 Å². The van der Waals surface area contributed by atoms with Gasteiger partial charge in [0.15, 0.2) is 0 Å². The van der Waals surface area contributed by atoms with Crippen LogP contribution in [0, 0.1) is 34.6 Å². The maximum atomic E-state index is 2.28. The molecule has 0 aliphatic heterocycles. The van der Waals surface area contributed by atoms with Crippen molar-refractivity contribution in [3.05, 3.63) is 105 Å². The molecule has 122 valence electrons. The Hall–Kier alpha value is -2.34. The Morgan fingerprint density at radius 3 is 1.17 bits per heavy atom. The zero-order chi connectivity index (χ0) is 17.3. The molecule has 24 heavy (non-hydrogen) atoms. The normalized spacial score (nSPS) is 11.1. The standard InChI is InChI=1S/C24H26/c1-16-17(2)19(4)23(20(5)18(16)3)24(21-12-8-6-9-13-21)22-14-10-7-11-15-22/h6-15,24H,1-5H3. The minimum atomic E-state index is 0.283. The van der Waals surface area contributed by atoms with Crippen LogP contribution in [0.25, 0.3) is 0 Å². The van der Waals surface area contributed by atoms with Crippen LogP contribution < -0.4 is 0 Å². The van der Waals surface area contributed by atoms with Crippen LogP contribution in [0.15, 0.2) is 60.7 Å². The third-order valence-corrected chi connectivity index (χ3v) is 5.61. The van der Waals surface area contributed by atoms with E-state index in [-0.39, 0.29) is 5.92 Å². The number of hydrogen-bond acceptors (Lipinski definition) is 0. The molecule has 0 unspecified atom stereocenters. The fraction of sp³-hybridized carbons (Fsp3) is 0.250. The number of benzene rings is 3. The second-order valence-corrected chi connectivity index (χ2v) is 6.79. The van der Waals surface area contributed by atoms with E-state index in [4.69, 9.17) is 0 Å². The van der Waals surface area contributed by atoms with E-state index in [9.17, 15) is 0 Å². The maximum absolute atomic E-state index is 2.28. The molecule has 0 atom stereocenters. The highest BCUT2D eigenvalue weighted by atomic mass is 14.3. The van der Waals surface area contributed by atoms with Crippen LogP contribution in [0.4, 0.5) is 0 Å². The first-order valence-electron chi connectivity index (χ1n) is 8.69. The molecule has 0 nitrogen and oxygen atoms in total. The molecule has 0 N–H and O–H groups in total. The van der Waals surface area contributed by atoms with Crippen LogP contribution in [0.5, 0.6) is 0 Å². The van der Waals surface area contributed by atoms with Gasteiger partial charge in [-0.1, -0.05) is 60.7 Å². The lowest BCUT2D eigenvalue weighted by Gasteiger charge is -2.26. The van der Waals surface area contributed by atoms with Crippen LogP contribution in [-0.2, 0) is 0 Å². The summed E-state index contributed by atoms with van der Waals surface area (Å²) >= 11 is 0. The fourth-order valence-corrected chi connectivity index (χ4v) is 3.78. The average Bonchev–Trinajstić information content (AvgIpc) is 2.63. The lowest BCUT2D eigenvalue weighted by molar-refractivity contribution is 0.931. The van der Waals surface area contributed by atoms with Gasteiger partial charge in [-0.2, -0.15) is 0 Å². The molecule has 0 aliphatic carbocycles. The summed E-state index contributed by atoms with van der Waals surface area (Å²) in [6, 6.07) is 21.8. The molecule has 0 heterocycles. The van der Waals surface area contributed by atoms with Gasteiger partial charge in [0, 0.05) is 5.92 Å². The smallest absolute Gasteiger partial charge is 0.0345 e. The van der Waals surface area contributed by atoms with Gasteiger partial charge >= 0.3 is 0 Å². The highest BCUT2D eigenvalue weighted by Gasteiger charge is 2.23. The van der Waals surface area contributed by atoms with Gasteiger partial charge in [-0.15, -0.1) is 0 Å². The molecule has 0 saturated heterocycles. The molecule has 3 rings (SSSR count). The Bertz CT molecular complexity index is 774. The van der Waals surface area contributed by atoms with Crippen LogP contribution in [-0.4, -0.2) is 0 Å². The van der Waals surface area contributed by atoms with E-state index in [2.05, 4.69) is 95.3 Å². The predicted molar refractivity (Wildman–Crippen MR) is 104 cm³/mol. The van der Waals surface area contributed by atoms with Crippen molar-refractivity contribution in [3.63, 3.8) is 0 Å². The van der Waals surface area contributed by atoms with E-state index in [1.54, 1.807) is 0 Å². The van der Waals surface area contributed by atoms with Crippen molar-refractivity contribution in [1.82, 2.24) is 0 Å². The average molecular weight is 314 g/mol. The molecule has 0 aromatic heterocycles. The Kier molecular flexibility index (Phi) is 4.57. The van der Waals surface area contributed by atoms with E-state index in [1.807, 2.05) is 0 Å². The first-order valence-corrected chi connectivity index (χ1v) is 8.69. The van der Waals surface area contributed by atoms with Crippen molar-refractivity contribution >= 4 is 0 Å². The quantitative estimate of drug-likeness (QED) is 0.490. The lowest BCUT2D eigenvalue weighted by Crippen LogP contribution is -2.11. The first kappa shape index (κ1) is 16.5. The molecule has 0 fully saturated rings. The summed E-state index contributed by atoms with van der Waals surface area (Å²) in [5.41, 5.74) is 11.3. The van der Waals surface area contributed by atoms with Crippen molar-refractivity contribution in [2.75, 3.05) is 0 Å². The van der Waals surface area contributed by atoms with Gasteiger partial charge in [0.05, 0.1) is 0 Å². The number of hydrogen-bond donors (Lipinski definition) is 0. The van der Waals surface area contributed by atoms with E-state index in [1.165, 1.54) is 44.5 Å². The topological polar surface area (TPSA) is 0 Å². The van der Waals surface area contributed by atoms with E-state index >= 15 is 0 Å². The van der Waals surface area contributed by atoms with Gasteiger partial charge in [0.1, 0.15) is 0 Å². The SMILES string of the molecule is Cc1c(C)c(C)c(C(c2ccccc2)c2ccccc2)c(C)c1C. The summed E-state index contributed by atoms with van der Waals surface area (Å²) < 4.78 is 0. The van der Waals surface area contributed by atoms with Crippen LogP contribution in [0.2, 0.25) is 0 Å². The second kappa shape index (κ2) is 6.65. The molecule has 0 aliphatic rings. The largest absolute Gasteiger partial charge is 0.0622 e. The third kappa shape index (κ3) is 2.78. The van der Waals surface area contributed by atoms with Crippen molar-refractivity contribution in [3.8, 4) is 0 Å². The third-order valence-electron chi connectivity index (χ3n) is 5.61. The van der Waals surface area contributed by atoms with Crippen molar-refractivity contribution < 1.29 is 0 Å². The van der Waals surface area contributed by atoms with E-state index < -0.39 is 0 Å². The molecule has 0 bridgehead atoms. The summed E-state index contributed by atoms with van der Waals surface area (Å²) in [5, 5.41) is 0. The molecular formula is C24H26. The van der Waals surface area contributed by atoms with Gasteiger partial charge in [-0.25, -0.2) is 0 Å². The molecule has 0 amide bonds. The highest BCUT2D eigenvalue weighted by Crippen LogP contribution is 2.39. The monoisotopic (exact) mass is 314 g/mol. The fourth-order valence-electron chi connectivity index (χ4n) is 3.78.